The predicted octanol–water partition coefficient (Wildman–Crippen LogP) is 3.54. The molecule has 1 aromatic carbocycles. The summed E-state index contributed by atoms with van der Waals surface area (Å²) in [6.07, 6.45) is 5.11. The Kier molecular flexibility index (Phi) is 5.21. The predicted molar refractivity (Wildman–Crippen MR) is 75.6 cm³/mol. The number of ether oxygens (including phenoxy) is 1. The molecule has 0 aromatic heterocycles. The van der Waals surface area contributed by atoms with Gasteiger partial charge in [-0.05, 0) is 30.7 Å². The van der Waals surface area contributed by atoms with E-state index in [4.69, 9.17) is 4.74 Å². The molecular weight excluding hydrogens is 222 g/mol. The first-order valence-corrected chi connectivity index (χ1v) is 7.15. The molecule has 100 valence electrons. The summed E-state index contributed by atoms with van der Waals surface area (Å²) in [7, 11) is 1.79. The summed E-state index contributed by atoms with van der Waals surface area (Å²) < 4.78 is 5.33. The lowest BCUT2D eigenvalue weighted by atomic mass is 10.0. The molecule has 1 aromatic rings. The first-order chi connectivity index (χ1) is 8.85. The highest BCUT2D eigenvalue weighted by Gasteiger charge is 2.33. The fourth-order valence-corrected chi connectivity index (χ4v) is 2.61. The molecule has 2 heteroatoms. The Morgan fingerprint density at radius 2 is 2.00 bits per heavy atom. The highest BCUT2D eigenvalue weighted by atomic mass is 16.5. The summed E-state index contributed by atoms with van der Waals surface area (Å²) in [5, 5.41) is 3.81. The van der Waals surface area contributed by atoms with Gasteiger partial charge in [0.1, 0.15) is 0 Å². The summed E-state index contributed by atoms with van der Waals surface area (Å²) in [6, 6.07) is 11.8. The van der Waals surface area contributed by atoms with E-state index in [9.17, 15) is 0 Å². The van der Waals surface area contributed by atoms with Gasteiger partial charge in [0.25, 0.3) is 0 Å². The second-order valence-corrected chi connectivity index (χ2v) is 5.33. The zero-order valence-electron chi connectivity index (χ0n) is 11.6. The third-order valence-corrected chi connectivity index (χ3v) is 3.67. The van der Waals surface area contributed by atoms with E-state index in [0.29, 0.717) is 12.1 Å². The molecular formula is C16H25NO. The van der Waals surface area contributed by atoms with Gasteiger partial charge in [0, 0.05) is 19.2 Å². The quantitative estimate of drug-likeness (QED) is 0.758. The molecule has 2 unspecified atom stereocenters. The maximum Gasteiger partial charge on any atom is 0.0616 e. The average molecular weight is 247 g/mol. The highest BCUT2D eigenvalue weighted by Crippen LogP contribution is 2.41. The van der Waals surface area contributed by atoms with E-state index in [1.165, 1.54) is 31.2 Å². The van der Waals surface area contributed by atoms with Crippen LogP contribution in [-0.2, 0) is 4.74 Å². The van der Waals surface area contributed by atoms with Gasteiger partial charge in [0.15, 0.2) is 0 Å². The van der Waals surface area contributed by atoms with Crippen LogP contribution >= 0.6 is 0 Å². The topological polar surface area (TPSA) is 21.3 Å². The Balaban J connectivity index is 2.01. The number of benzene rings is 1. The van der Waals surface area contributed by atoms with Crippen molar-refractivity contribution >= 4 is 0 Å². The van der Waals surface area contributed by atoms with E-state index in [-0.39, 0.29) is 0 Å². The molecule has 0 aliphatic heterocycles. The van der Waals surface area contributed by atoms with Gasteiger partial charge in [-0.25, -0.2) is 0 Å². The smallest absolute Gasteiger partial charge is 0.0616 e. The molecule has 0 heterocycles. The molecule has 0 bridgehead atoms. The maximum absolute atomic E-state index is 5.33. The maximum atomic E-state index is 5.33. The monoisotopic (exact) mass is 247 g/mol. The highest BCUT2D eigenvalue weighted by molar-refractivity contribution is 5.21. The van der Waals surface area contributed by atoms with Crippen LogP contribution in [0.1, 0.15) is 44.2 Å². The van der Waals surface area contributed by atoms with Crippen LogP contribution in [0.15, 0.2) is 30.3 Å². The van der Waals surface area contributed by atoms with Gasteiger partial charge in [0.2, 0.25) is 0 Å². The van der Waals surface area contributed by atoms with Gasteiger partial charge in [-0.3, -0.25) is 0 Å². The van der Waals surface area contributed by atoms with Gasteiger partial charge >= 0.3 is 0 Å². The van der Waals surface area contributed by atoms with E-state index in [1.807, 2.05) is 0 Å². The minimum atomic E-state index is 0.478. The molecule has 0 saturated heterocycles. The molecule has 18 heavy (non-hydrogen) atoms. The molecule has 2 rings (SSSR count). The minimum Gasteiger partial charge on any atom is -0.383 e. The van der Waals surface area contributed by atoms with E-state index in [1.54, 1.807) is 7.11 Å². The van der Waals surface area contributed by atoms with Crippen molar-refractivity contribution in [1.82, 2.24) is 5.32 Å². The number of hydrogen-bond donors (Lipinski definition) is 1. The van der Waals surface area contributed by atoms with Gasteiger partial charge in [-0.1, -0.05) is 43.7 Å². The normalized spacial score (nSPS) is 18.6. The number of methoxy groups -OCH3 is 1. The second kappa shape index (κ2) is 6.91. The van der Waals surface area contributed by atoms with Crippen molar-refractivity contribution in [2.75, 3.05) is 13.7 Å². The zero-order chi connectivity index (χ0) is 12.8. The van der Waals surface area contributed by atoms with Crippen LogP contribution in [0.5, 0.6) is 0 Å². The summed E-state index contributed by atoms with van der Waals surface area (Å²) >= 11 is 0. The molecule has 1 aliphatic rings. The van der Waals surface area contributed by atoms with E-state index in [0.717, 1.165) is 12.5 Å². The van der Waals surface area contributed by atoms with Crippen LogP contribution in [0.4, 0.5) is 0 Å². The van der Waals surface area contributed by atoms with Crippen LogP contribution in [0.25, 0.3) is 0 Å². The van der Waals surface area contributed by atoms with E-state index >= 15 is 0 Å². The second-order valence-electron chi connectivity index (χ2n) is 5.33. The lowest BCUT2D eigenvalue weighted by Gasteiger charge is -2.25. The molecule has 2 atom stereocenters. The molecule has 1 aliphatic carbocycles. The first-order valence-electron chi connectivity index (χ1n) is 7.15. The van der Waals surface area contributed by atoms with E-state index < -0.39 is 0 Å². The molecule has 1 fully saturated rings. The van der Waals surface area contributed by atoms with Gasteiger partial charge < -0.3 is 10.1 Å². The lowest BCUT2D eigenvalue weighted by Crippen LogP contribution is -2.37. The van der Waals surface area contributed by atoms with Crippen molar-refractivity contribution in [3.63, 3.8) is 0 Å². The van der Waals surface area contributed by atoms with E-state index in [2.05, 4.69) is 42.6 Å². The van der Waals surface area contributed by atoms with Crippen LogP contribution in [0, 0.1) is 5.92 Å². The molecule has 1 saturated carbocycles. The first kappa shape index (κ1) is 13.6. The summed E-state index contributed by atoms with van der Waals surface area (Å²) in [6.45, 7) is 3.04. The fourth-order valence-electron chi connectivity index (χ4n) is 2.61. The summed E-state index contributed by atoms with van der Waals surface area (Å²) in [4.78, 5) is 0. The Labute approximate surface area is 111 Å². The third-order valence-electron chi connectivity index (χ3n) is 3.67. The van der Waals surface area contributed by atoms with Gasteiger partial charge in [-0.2, -0.15) is 0 Å². The lowest BCUT2D eigenvalue weighted by molar-refractivity contribution is 0.153. The Bertz CT molecular complexity index is 328. The Morgan fingerprint density at radius 3 is 2.56 bits per heavy atom. The van der Waals surface area contributed by atoms with Crippen molar-refractivity contribution < 1.29 is 4.74 Å². The SMILES string of the molecule is CCCC(COC)NC(c1ccccc1)C1CC1. The largest absolute Gasteiger partial charge is 0.383 e. The molecule has 0 amide bonds. The molecule has 1 N–H and O–H groups in total. The standard InChI is InChI=1S/C16H25NO/c1-3-7-15(12-18-2)17-16(14-10-11-14)13-8-5-4-6-9-13/h4-6,8-9,14-17H,3,7,10-12H2,1-2H3. The van der Waals surface area contributed by atoms with Crippen molar-refractivity contribution in [3.8, 4) is 0 Å². The number of rotatable bonds is 8. The molecule has 2 nitrogen and oxygen atoms in total. The van der Waals surface area contributed by atoms with Crippen molar-refractivity contribution in [2.24, 2.45) is 5.92 Å². The number of nitrogens with one attached hydrogen (secondary N) is 1. The van der Waals surface area contributed by atoms with Crippen LogP contribution in [0.3, 0.4) is 0 Å². The molecule has 0 radical (unpaired) electrons. The zero-order valence-corrected chi connectivity index (χ0v) is 11.6. The Morgan fingerprint density at radius 1 is 1.28 bits per heavy atom. The van der Waals surface area contributed by atoms with Crippen LogP contribution < -0.4 is 5.32 Å². The minimum absolute atomic E-state index is 0.478. The van der Waals surface area contributed by atoms with Crippen molar-refractivity contribution in [3.05, 3.63) is 35.9 Å². The average Bonchev–Trinajstić information content (AvgIpc) is 3.22. The third kappa shape index (κ3) is 3.82. The van der Waals surface area contributed by atoms with Gasteiger partial charge in [-0.15, -0.1) is 0 Å². The molecule has 0 spiro atoms. The van der Waals surface area contributed by atoms with Crippen molar-refractivity contribution in [1.29, 1.82) is 0 Å². The van der Waals surface area contributed by atoms with Crippen LogP contribution in [0.2, 0.25) is 0 Å². The summed E-state index contributed by atoms with van der Waals surface area (Å²) in [5.41, 5.74) is 1.43. The summed E-state index contributed by atoms with van der Waals surface area (Å²) in [5.74, 6) is 0.823. The fraction of sp³-hybridized carbons (Fsp3) is 0.625. The van der Waals surface area contributed by atoms with Crippen LogP contribution in [-0.4, -0.2) is 19.8 Å². The number of hydrogen-bond acceptors (Lipinski definition) is 2. The van der Waals surface area contributed by atoms with Gasteiger partial charge in [0.05, 0.1) is 6.61 Å². The van der Waals surface area contributed by atoms with Crippen molar-refractivity contribution in [2.45, 2.75) is 44.7 Å². The Hall–Kier alpha value is -0.860.